The summed E-state index contributed by atoms with van der Waals surface area (Å²) in [7, 11) is 0. The molecule has 0 saturated heterocycles. The number of benzene rings is 1. The average molecular weight is 227 g/mol. The van der Waals surface area contributed by atoms with Crippen LogP contribution in [0, 0.1) is 6.42 Å². The molecule has 1 aromatic rings. The molecule has 0 saturated carbocycles. The van der Waals surface area contributed by atoms with E-state index in [0.29, 0.717) is 19.0 Å². The van der Waals surface area contributed by atoms with Crippen LogP contribution >= 0.6 is 11.6 Å². The van der Waals surface area contributed by atoms with Gasteiger partial charge in [0, 0.05) is 12.4 Å². The molecule has 0 spiro atoms. The molecule has 0 atom stereocenters. The molecule has 15 heavy (non-hydrogen) atoms. The predicted molar refractivity (Wildman–Crippen MR) is 64.2 cm³/mol. The lowest BCUT2D eigenvalue weighted by atomic mass is 10.1. The van der Waals surface area contributed by atoms with Gasteiger partial charge < -0.3 is 10.5 Å². The van der Waals surface area contributed by atoms with E-state index in [0.717, 1.165) is 23.3 Å². The monoisotopic (exact) mass is 226 g/mol. The van der Waals surface area contributed by atoms with Gasteiger partial charge in [-0.15, -0.1) is 11.6 Å². The molecule has 0 heterocycles. The van der Waals surface area contributed by atoms with Gasteiger partial charge in [0.1, 0.15) is 5.75 Å². The average Bonchev–Trinajstić information content (AvgIpc) is 2.29. The van der Waals surface area contributed by atoms with Crippen molar-refractivity contribution >= 4 is 11.6 Å². The SMILES string of the molecule is C[CH]c1cc(CN)ccc1OCCCCl. The molecule has 2 N–H and O–H groups in total. The maximum absolute atomic E-state index is 5.61. The maximum atomic E-state index is 5.61. The summed E-state index contributed by atoms with van der Waals surface area (Å²) in [6.45, 7) is 3.21. The first-order valence-corrected chi connectivity index (χ1v) is 5.66. The van der Waals surface area contributed by atoms with E-state index in [9.17, 15) is 0 Å². The van der Waals surface area contributed by atoms with E-state index in [-0.39, 0.29) is 0 Å². The van der Waals surface area contributed by atoms with Crippen LogP contribution < -0.4 is 10.5 Å². The van der Waals surface area contributed by atoms with Gasteiger partial charge in [-0.05, 0) is 30.0 Å². The van der Waals surface area contributed by atoms with E-state index in [1.807, 2.05) is 25.5 Å². The predicted octanol–water partition coefficient (Wildman–Crippen LogP) is 2.73. The Kier molecular flexibility index (Phi) is 5.51. The van der Waals surface area contributed by atoms with Crippen LogP contribution in [0.15, 0.2) is 18.2 Å². The zero-order chi connectivity index (χ0) is 11.1. The van der Waals surface area contributed by atoms with Gasteiger partial charge in [-0.1, -0.05) is 19.1 Å². The van der Waals surface area contributed by atoms with Gasteiger partial charge in [0.05, 0.1) is 6.61 Å². The highest BCUT2D eigenvalue weighted by atomic mass is 35.5. The summed E-state index contributed by atoms with van der Waals surface area (Å²) in [5.74, 6) is 1.53. The number of ether oxygens (including phenoxy) is 1. The summed E-state index contributed by atoms with van der Waals surface area (Å²) in [6, 6.07) is 6.00. The molecule has 2 nitrogen and oxygen atoms in total. The van der Waals surface area contributed by atoms with Gasteiger partial charge in [-0.25, -0.2) is 0 Å². The van der Waals surface area contributed by atoms with Crippen LogP contribution in [0.5, 0.6) is 5.75 Å². The van der Waals surface area contributed by atoms with Gasteiger partial charge >= 0.3 is 0 Å². The van der Waals surface area contributed by atoms with Crippen molar-refractivity contribution in [2.24, 2.45) is 5.73 Å². The zero-order valence-corrected chi connectivity index (χ0v) is 9.76. The number of alkyl halides is 1. The van der Waals surface area contributed by atoms with Gasteiger partial charge in [-0.2, -0.15) is 0 Å². The number of hydrogen-bond donors (Lipinski definition) is 1. The Morgan fingerprint density at radius 1 is 1.47 bits per heavy atom. The molecule has 3 heteroatoms. The van der Waals surface area contributed by atoms with Crippen molar-refractivity contribution in [3.8, 4) is 5.75 Å². The Morgan fingerprint density at radius 3 is 2.87 bits per heavy atom. The molecule has 0 aliphatic heterocycles. The van der Waals surface area contributed by atoms with E-state index >= 15 is 0 Å². The summed E-state index contributed by atoms with van der Waals surface area (Å²) in [6.07, 6.45) is 2.89. The molecule has 0 fully saturated rings. The second kappa shape index (κ2) is 6.70. The van der Waals surface area contributed by atoms with Gasteiger partial charge in [0.25, 0.3) is 0 Å². The topological polar surface area (TPSA) is 35.2 Å². The quantitative estimate of drug-likeness (QED) is 0.598. The Balaban J connectivity index is 2.69. The van der Waals surface area contributed by atoms with E-state index < -0.39 is 0 Å². The largest absolute Gasteiger partial charge is 0.493 e. The van der Waals surface area contributed by atoms with Crippen LogP contribution in [0.3, 0.4) is 0 Å². The Hall–Kier alpha value is -0.730. The lowest BCUT2D eigenvalue weighted by molar-refractivity contribution is 0.316. The molecule has 0 amide bonds. The smallest absolute Gasteiger partial charge is 0.122 e. The minimum absolute atomic E-state index is 0.558. The fraction of sp³-hybridized carbons (Fsp3) is 0.417. The van der Waals surface area contributed by atoms with Crippen molar-refractivity contribution in [2.45, 2.75) is 19.9 Å². The van der Waals surface area contributed by atoms with Crippen molar-refractivity contribution in [1.82, 2.24) is 0 Å². The van der Waals surface area contributed by atoms with Crippen molar-refractivity contribution in [1.29, 1.82) is 0 Å². The summed E-state index contributed by atoms with van der Waals surface area (Å²) in [4.78, 5) is 0. The third-order valence-electron chi connectivity index (χ3n) is 2.16. The van der Waals surface area contributed by atoms with E-state index in [4.69, 9.17) is 22.1 Å². The highest BCUT2D eigenvalue weighted by molar-refractivity contribution is 6.17. The molecule has 0 bridgehead atoms. The number of halogens is 1. The molecule has 1 aromatic carbocycles. The fourth-order valence-electron chi connectivity index (χ4n) is 1.32. The van der Waals surface area contributed by atoms with E-state index in [1.165, 1.54) is 0 Å². The highest BCUT2D eigenvalue weighted by Gasteiger charge is 2.02. The molecule has 0 aromatic heterocycles. The van der Waals surface area contributed by atoms with Crippen LogP contribution in [0.4, 0.5) is 0 Å². The lowest BCUT2D eigenvalue weighted by Gasteiger charge is -2.10. The van der Waals surface area contributed by atoms with Gasteiger partial charge in [-0.3, -0.25) is 0 Å². The molecule has 83 valence electrons. The Labute approximate surface area is 96.4 Å². The van der Waals surface area contributed by atoms with E-state index in [1.54, 1.807) is 0 Å². The first-order valence-electron chi connectivity index (χ1n) is 5.13. The lowest BCUT2D eigenvalue weighted by Crippen LogP contribution is -2.02. The summed E-state index contributed by atoms with van der Waals surface area (Å²) in [5.41, 5.74) is 7.78. The summed E-state index contributed by atoms with van der Waals surface area (Å²) in [5, 5.41) is 0. The summed E-state index contributed by atoms with van der Waals surface area (Å²) < 4.78 is 5.61. The van der Waals surface area contributed by atoms with Crippen LogP contribution in [-0.2, 0) is 6.54 Å². The summed E-state index contributed by atoms with van der Waals surface area (Å²) >= 11 is 5.58. The Morgan fingerprint density at radius 2 is 2.27 bits per heavy atom. The zero-order valence-electron chi connectivity index (χ0n) is 9.00. The van der Waals surface area contributed by atoms with Crippen LogP contribution in [0.1, 0.15) is 24.5 Å². The minimum Gasteiger partial charge on any atom is -0.493 e. The minimum atomic E-state index is 0.558. The first kappa shape index (κ1) is 12.3. The number of nitrogens with two attached hydrogens (primary N) is 1. The van der Waals surface area contributed by atoms with Crippen molar-refractivity contribution in [2.75, 3.05) is 12.5 Å². The van der Waals surface area contributed by atoms with Crippen LogP contribution in [-0.4, -0.2) is 12.5 Å². The molecule has 0 unspecified atom stereocenters. The van der Waals surface area contributed by atoms with Crippen molar-refractivity contribution in [3.63, 3.8) is 0 Å². The van der Waals surface area contributed by atoms with Crippen LogP contribution in [0.25, 0.3) is 0 Å². The van der Waals surface area contributed by atoms with Crippen LogP contribution in [0.2, 0.25) is 0 Å². The first-order chi connectivity index (χ1) is 7.31. The number of hydrogen-bond acceptors (Lipinski definition) is 2. The Bertz CT molecular complexity index is 302. The third kappa shape index (κ3) is 3.73. The molecular formula is C12H17ClNO. The number of rotatable bonds is 6. The third-order valence-corrected chi connectivity index (χ3v) is 2.42. The molecule has 1 radical (unpaired) electrons. The second-order valence-electron chi connectivity index (χ2n) is 3.26. The molecule has 1 rings (SSSR count). The van der Waals surface area contributed by atoms with Gasteiger partial charge in [0.2, 0.25) is 0 Å². The normalized spacial score (nSPS) is 10.3. The van der Waals surface area contributed by atoms with Crippen molar-refractivity contribution < 1.29 is 4.74 Å². The maximum Gasteiger partial charge on any atom is 0.122 e. The highest BCUT2D eigenvalue weighted by Crippen LogP contribution is 2.21. The second-order valence-corrected chi connectivity index (χ2v) is 3.63. The standard InChI is InChI=1S/C12H17ClNO/c1-2-11-8-10(9-14)4-5-12(11)15-7-3-6-13/h2,4-5,8H,3,6-7,9,14H2,1H3. The van der Waals surface area contributed by atoms with Crippen molar-refractivity contribution in [3.05, 3.63) is 35.7 Å². The molecule has 0 aliphatic carbocycles. The fourth-order valence-corrected chi connectivity index (χ4v) is 1.43. The van der Waals surface area contributed by atoms with E-state index in [2.05, 4.69) is 6.07 Å². The van der Waals surface area contributed by atoms with Gasteiger partial charge in [0.15, 0.2) is 0 Å². The molecular weight excluding hydrogens is 210 g/mol. The molecule has 0 aliphatic rings.